The lowest BCUT2D eigenvalue weighted by molar-refractivity contribution is 0.306. The molecular formula is C16H16INO. The van der Waals surface area contributed by atoms with Crippen LogP contribution in [0.3, 0.4) is 0 Å². The van der Waals surface area contributed by atoms with Gasteiger partial charge in [-0.3, -0.25) is 0 Å². The van der Waals surface area contributed by atoms with Gasteiger partial charge in [-0.2, -0.15) is 0 Å². The zero-order valence-corrected chi connectivity index (χ0v) is 12.8. The van der Waals surface area contributed by atoms with E-state index in [-0.39, 0.29) is 6.04 Å². The maximum Gasteiger partial charge on any atom is 0.120 e. The first-order valence-corrected chi connectivity index (χ1v) is 7.56. The molecule has 2 N–H and O–H groups in total. The van der Waals surface area contributed by atoms with Gasteiger partial charge in [0.2, 0.25) is 0 Å². The van der Waals surface area contributed by atoms with Gasteiger partial charge < -0.3 is 10.5 Å². The van der Waals surface area contributed by atoms with Gasteiger partial charge in [-0.1, -0.05) is 18.2 Å². The zero-order valence-electron chi connectivity index (χ0n) is 10.6. The number of ether oxygens (including phenoxy) is 1. The van der Waals surface area contributed by atoms with Crippen LogP contribution in [0.1, 0.15) is 29.2 Å². The number of hydrogen-bond donors (Lipinski definition) is 1. The Balaban J connectivity index is 1.69. The van der Waals surface area contributed by atoms with Crippen LogP contribution in [0.2, 0.25) is 0 Å². The Kier molecular flexibility index (Phi) is 3.75. The summed E-state index contributed by atoms with van der Waals surface area (Å²) in [5.41, 5.74) is 9.85. The van der Waals surface area contributed by atoms with Crippen LogP contribution < -0.4 is 10.5 Å². The Morgan fingerprint density at radius 2 is 1.95 bits per heavy atom. The minimum Gasteiger partial charge on any atom is -0.489 e. The molecule has 0 fully saturated rings. The van der Waals surface area contributed by atoms with Crippen molar-refractivity contribution in [3.05, 3.63) is 62.7 Å². The van der Waals surface area contributed by atoms with Crippen molar-refractivity contribution in [2.75, 3.05) is 0 Å². The van der Waals surface area contributed by atoms with Gasteiger partial charge in [0.25, 0.3) is 0 Å². The fourth-order valence-corrected chi connectivity index (χ4v) is 2.82. The Morgan fingerprint density at radius 1 is 1.16 bits per heavy atom. The second-order valence-corrected chi connectivity index (χ2v) is 6.17. The molecule has 3 rings (SSSR count). The van der Waals surface area contributed by atoms with E-state index in [2.05, 4.69) is 59.0 Å². The summed E-state index contributed by atoms with van der Waals surface area (Å²) in [6, 6.07) is 14.9. The molecule has 3 heteroatoms. The van der Waals surface area contributed by atoms with Crippen molar-refractivity contribution in [3.63, 3.8) is 0 Å². The summed E-state index contributed by atoms with van der Waals surface area (Å²) in [6.45, 7) is 0.613. The predicted octanol–water partition coefficient (Wildman–Crippen LogP) is 3.82. The van der Waals surface area contributed by atoms with Crippen LogP contribution in [0, 0.1) is 3.57 Å². The number of aryl methyl sites for hydroxylation is 1. The highest BCUT2D eigenvalue weighted by Crippen LogP contribution is 2.32. The summed E-state index contributed by atoms with van der Waals surface area (Å²) in [5.74, 6) is 0.936. The first-order chi connectivity index (χ1) is 9.22. The number of hydrogen-bond acceptors (Lipinski definition) is 2. The van der Waals surface area contributed by atoms with Crippen molar-refractivity contribution in [2.45, 2.75) is 25.5 Å². The first kappa shape index (κ1) is 12.9. The molecule has 0 aromatic heterocycles. The number of fused-ring (bicyclic) bond motifs is 1. The van der Waals surface area contributed by atoms with E-state index in [0.29, 0.717) is 6.61 Å². The normalized spacial score (nSPS) is 17.3. The van der Waals surface area contributed by atoms with Crippen LogP contribution in [-0.2, 0) is 13.0 Å². The van der Waals surface area contributed by atoms with Gasteiger partial charge in [-0.05, 0) is 76.4 Å². The van der Waals surface area contributed by atoms with Crippen molar-refractivity contribution in [3.8, 4) is 5.75 Å². The van der Waals surface area contributed by atoms with Gasteiger partial charge in [0.1, 0.15) is 12.4 Å². The SMILES string of the molecule is NC1CCc2cc(OCc3ccc(I)cc3)ccc21. The molecule has 2 aromatic carbocycles. The summed E-state index contributed by atoms with van der Waals surface area (Å²) in [4.78, 5) is 0. The van der Waals surface area contributed by atoms with Crippen molar-refractivity contribution >= 4 is 22.6 Å². The maximum absolute atomic E-state index is 6.03. The van der Waals surface area contributed by atoms with Gasteiger partial charge in [0, 0.05) is 9.61 Å². The Hall–Kier alpha value is -1.07. The molecule has 0 amide bonds. The van der Waals surface area contributed by atoms with E-state index in [1.165, 1.54) is 20.3 Å². The standard InChI is InChI=1S/C16H16INO/c17-13-4-1-11(2-5-13)10-19-14-6-7-15-12(9-14)3-8-16(15)18/h1-2,4-7,9,16H,3,8,10,18H2. The number of nitrogens with two attached hydrogens (primary N) is 1. The molecule has 1 aliphatic rings. The lowest BCUT2D eigenvalue weighted by Crippen LogP contribution is -2.05. The van der Waals surface area contributed by atoms with Crippen LogP contribution in [-0.4, -0.2) is 0 Å². The van der Waals surface area contributed by atoms with Gasteiger partial charge >= 0.3 is 0 Å². The van der Waals surface area contributed by atoms with Crippen molar-refractivity contribution in [1.82, 2.24) is 0 Å². The van der Waals surface area contributed by atoms with E-state index in [1.807, 2.05) is 6.07 Å². The average molecular weight is 365 g/mol. The summed E-state index contributed by atoms with van der Waals surface area (Å²) >= 11 is 2.31. The molecule has 1 atom stereocenters. The largest absolute Gasteiger partial charge is 0.489 e. The third kappa shape index (κ3) is 2.92. The van der Waals surface area contributed by atoms with Gasteiger partial charge in [0.05, 0.1) is 0 Å². The van der Waals surface area contributed by atoms with E-state index in [9.17, 15) is 0 Å². The predicted molar refractivity (Wildman–Crippen MR) is 85.2 cm³/mol. The zero-order chi connectivity index (χ0) is 13.2. The van der Waals surface area contributed by atoms with Crippen LogP contribution in [0.4, 0.5) is 0 Å². The third-order valence-corrected chi connectivity index (χ3v) is 4.28. The lowest BCUT2D eigenvalue weighted by atomic mass is 10.1. The average Bonchev–Trinajstić information content (AvgIpc) is 2.79. The molecule has 1 aliphatic carbocycles. The molecule has 0 radical (unpaired) electrons. The Morgan fingerprint density at radius 3 is 2.74 bits per heavy atom. The smallest absolute Gasteiger partial charge is 0.120 e. The maximum atomic E-state index is 6.03. The van der Waals surface area contributed by atoms with E-state index in [4.69, 9.17) is 10.5 Å². The van der Waals surface area contributed by atoms with E-state index < -0.39 is 0 Å². The molecule has 0 aliphatic heterocycles. The highest BCUT2D eigenvalue weighted by molar-refractivity contribution is 14.1. The second-order valence-electron chi connectivity index (χ2n) is 4.92. The number of halogens is 1. The summed E-state index contributed by atoms with van der Waals surface area (Å²) < 4.78 is 7.09. The highest BCUT2D eigenvalue weighted by Gasteiger charge is 2.18. The molecule has 0 bridgehead atoms. The van der Waals surface area contributed by atoms with E-state index in [1.54, 1.807) is 0 Å². The second kappa shape index (κ2) is 5.51. The molecule has 1 unspecified atom stereocenters. The Labute approximate surface area is 127 Å². The van der Waals surface area contributed by atoms with E-state index >= 15 is 0 Å². The molecule has 0 heterocycles. The summed E-state index contributed by atoms with van der Waals surface area (Å²) in [6.07, 6.45) is 2.12. The van der Waals surface area contributed by atoms with Gasteiger partial charge in [0.15, 0.2) is 0 Å². The van der Waals surface area contributed by atoms with Crippen molar-refractivity contribution in [1.29, 1.82) is 0 Å². The monoisotopic (exact) mass is 365 g/mol. The molecule has 2 nitrogen and oxygen atoms in total. The molecule has 0 spiro atoms. The van der Waals surface area contributed by atoms with Crippen molar-refractivity contribution in [2.24, 2.45) is 5.73 Å². The topological polar surface area (TPSA) is 35.2 Å². The minimum atomic E-state index is 0.209. The third-order valence-electron chi connectivity index (χ3n) is 3.56. The quantitative estimate of drug-likeness (QED) is 0.840. The van der Waals surface area contributed by atoms with Gasteiger partial charge in [-0.25, -0.2) is 0 Å². The van der Waals surface area contributed by atoms with Crippen LogP contribution in [0.15, 0.2) is 42.5 Å². The molecular weight excluding hydrogens is 349 g/mol. The summed E-state index contributed by atoms with van der Waals surface area (Å²) in [5, 5.41) is 0. The molecule has 0 saturated heterocycles. The molecule has 0 saturated carbocycles. The number of benzene rings is 2. The van der Waals surface area contributed by atoms with Gasteiger partial charge in [-0.15, -0.1) is 0 Å². The minimum absolute atomic E-state index is 0.209. The summed E-state index contributed by atoms with van der Waals surface area (Å²) in [7, 11) is 0. The van der Waals surface area contributed by atoms with Crippen molar-refractivity contribution < 1.29 is 4.74 Å². The fourth-order valence-electron chi connectivity index (χ4n) is 2.46. The lowest BCUT2D eigenvalue weighted by Gasteiger charge is -2.09. The van der Waals surface area contributed by atoms with E-state index in [0.717, 1.165) is 18.6 Å². The van der Waals surface area contributed by atoms with Crippen LogP contribution in [0.25, 0.3) is 0 Å². The number of rotatable bonds is 3. The van der Waals surface area contributed by atoms with Crippen LogP contribution >= 0.6 is 22.6 Å². The molecule has 2 aromatic rings. The molecule has 98 valence electrons. The van der Waals surface area contributed by atoms with Crippen LogP contribution in [0.5, 0.6) is 5.75 Å². The highest BCUT2D eigenvalue weighted by atomic mass is 127. The Bertz CT molecular complexity index is 580. The molecule has 19 heavy (non-hydrogen) atoms. The fraction of sp³-hybridized carbons (Fsp3) is 0.250. The first-order valence-electron chi connectivity index (χ1n) is 6.48.